The van der Waals surface area contributed by atoms with E-state index in [0.717, 1.165) is 5.56 Å². The predicted octanol–water partition coefficient (Wildman–Crippen LogP) is 3.00. The Labute approximate surface area is 207 Å². The Morgan fingerprint density at radius 3 is 2.58 bits per heavy atom. The molecule has 1 aliphatic rings. The molecule has 0 fully saturated rings. The molecule has 0 spiro atoms. The Hall–Kier alpha value is -4.41. The number of phenolic OH excluding ortho intramolecular Hbond substituents is 1. The first-order valence-corrected chi connectivity index (χ1v) is 11.6. The van der Waals surface area contributed by atoms with Crippen LogP contribution in [0, 0.1) is 0 Å². The van der Waals surface area contributed by atoms with Crippen LogP contribution < -0.4 is 31.2 Å². The summed E-state index contributed by atoms with van der Waals surface area (Å²) >= 11 is 0. The average molecular weight is 496 g/mol. The van der Waals surface area contributed by atoms with Crippen molar-refractivity contribution in [2.45, 2.75) is 32.9 Å². The van der Waals surface area contributed by atoms with Crippen molar-refractivity contribution >= 4 is 23.0 Å². The van der Waals surface area contributed by atoms with Crippen LogP contribution in [0.4, 0.5) is 17.1 Å². The quantitative estimate of drug-likeness (QED) is 0.350. The molecule has 36 heavy (non-hydrogen) atoms. The highest BCUT2D eigenvalue weighted by molar-refractivity contribution is 5.98. The second-order valence-electron chi connectivity index (χ2n) is 8.48. The molecular weight excluding hydrogens is 466 g/mol. The third-order valence-corrected chi connectivity index (χ3v) is 5.95. The van der Waals surface area contributed by atoms with Crippen LogP contribution in [0.2, 0.25) is 0 Å². The highest BCUT2D eigenvalue weighted by atomic mass is 16.7. The van der Waals surface area contributed by atoms with Crippen molar-refractivity contribution in [3.63, 3.8) is 0 Å². The van der Waals surface area contributed by atoms with E-state index in [1.54, 1.807) is 33.2 Å². The normalized spacial score (nSPS) is 12.8. The maximum atomic E-state index is 13.3. The maximum Gasteiger partial charge on any atom is 0.291 e. The number of carbonyl (C=O) groups is 1. The lowest BCUT2D eigenvalue weighted by atomic mass is 10.0. The van der Waals surface area contributed by atoms with Gasteiger partial charge in [-0.2, -0.15) is 0 Å². The fourth-order valence-corrected chi connectivity index (χ4v) is 3.98. The Kier molecular flexibility index (Phi) is 6.91. The molecule has 1 aliphatic heterocycles. The summed E-state index contributed by atoms with van der Waals surface area (Å²) in [5.74, 6) is 0.517. The summed E-state index contributed by atoms with van der Waals surface area (Å²) in [7, 11) is 3.14. The van der Waals surface area contributed by atoms with Crippen molar-refractivity contribution in [2.75, 3.05) is 31.5 Å². The van der Waals surface area contributed by atoms with Gasteiger partial charge in [-0.1, -0.05) is 19.1 Å². The van der Waals surface area contributed by atoms with Crippen LogP contribution in [0.5, 0.6) is 17.2 Å². The fourth-order valence-electron chi connectivity index (χ4n) is 3.98. The monoisotopic (exact) mass is 495 g/mol. The number of nitrogens with one attached hydrogen (secondary N) is 3. The van der Waals surface area contributed by atoms with Gasteiger partial charge in [0.25, 0.3) is 17.0 Å². The van der Waals surface area contributed by atoms with Crippen molar-refractivity contribution in [3.05, 3.63) is 68.2 Å². The largest absolute Gasteiger partial charge is 0.505 e. The van der Waals surface area contributed by atoms with Crippen LogP contribution in [0.25, 0.3) is 0 Å². The number of ether oxygens (including phenoxy) is 2. The smallest absolute Gasteiger partial charge is 0.291 e. The molecular formula is C25H29N5O6. The molecule has 0 saturated heterocycles. The first-order chi connectivity index (χ1) is 17.2. The first kappa shape index (κ1) is 24.7. The van der Waals surface area contributed by atoms with E-state index in [9.17, 15) is 19.5 Å². The zero-order chi connectivity index (χ0) is 26.0. The molecule has 0 saturated carbocycles. The van der Waals surface area contributed by atoms with Gasteiger partial charge in [-0.3, -0.25) is 19.5 Å². The summed E-state index contributed by atoms with van der Waals surface area (Å²) in [4.78, 5) is 40.2. The van der Waals surface area contributed by atoms with Crippen molar-refractivity contribution in [2.24, 2.45) is 0 Å². The van der Waals surface area contributed by atoms with Gasteiger partial charge in [0.1, 0.15) is 11.4 Å². The number of nitrogens with zero attached hydrogens (tertiary/aromatic N) is 2. The van der Waals surface area contributed by atoms with Gasteiger partial charge in [-0.25, -0.2) is 4.68 Å². The van der Waals surface area contributed by atoms with E-state index in [-0.39, 0.29) is 47.8 Å². The summed E-state index contributed by atoms with van der Waals surface area (Å²) in [5.41, 5.74) is -0.0306. The summed E-state index contributed by atoms with van der Waals surface area (Å²) < 4.78 is 12.0. The van der Waals surface area contributed by atoms with Gasteiger partial charge in [0.05, 0.1) is 17.3 Å². The van der Waals surface area contributed by atoms with Gasteiger partial charge in [-0.05, 0) is 43.2 Å². The third kappa shape index (κ3) is 4.59. The molecule has 2 heterocycles. The lowest BCUT2D eigenvalue weighted by molar-refractivity contribution is 0.0824. The Bertz CT molecular complexity index is 1410. The number of amides is 1. The van der Waals surface area contributed by atoms with Gasteiger partial charge in [-0.15, -0.1) is 0 Å². The van der Waals surface area contributed by atoms with Crippen LogP contribution in [0.3, 0.4) is 0 Å². The molecule has 4 rings (SSSR count). The number of anilines is 3. The standard InChI is InChI=1S/C25H29N5O6/c1-5-16(14-10-11-18-19(12-14)36-13-35-18)26-20-21(25(34)30(6-2)28-23(20)32)27-17-9-7-8-15(22(17)31)24(33)29(3)4/h7-12,16,26-27,31H,5-6,13H2,1-4H3,(H,28,32)/t16-/m1/s1. The number of aromatic nitrogens is 2. The van der Waals surface area contributed by atoms with E-state index in [0.29, 0.717) is 17.9 Å². The molecule has 11 heteroatoms. The molecule has 0 bridgehead atoms. The molecule has 0 radical (unpaired) electrons. The zero-order valence-electron chi connectivity index (χ0n) is 20.5. The molecule has 0 unspecified atom stereocenters. The van der Waals surface area contributed by atoms with Gasteiger partial charge >= 0.3 is 0 Å². The van der Waals surface area contributed by atoms with Crippen molar-refractivity contribution < 1.29 is 19.4 Å². The van der Waals surface area contributed by atoms with Crippen LogP contribution in [-0.2, 0) is 6.54 Å². The highest BCUT2D eigenvalue weighted by Crippen LogP contribution is 2.36. The predicted molar refractivity (Wildman–Crippen MR) is 136 cm³/mol. The average Bonchev–Trinajstić information content (AvgIpc) is 3.34. The number of aromatic hydroxyl groups is 1. The fraction of sp³-hybridized carbons (Fsp3) is 0.320. The molecule has 2 aromatic carbocycles. The van der Waals surface area contributed by atoms with Crippen LogP contribution in [-0.4, -0.2) is 46.6 Å². The zero-order valence-corrected chi connectivity index (χ0v) is 20.5. The van der Waals surface area contributed by atoms with E-state index in [1.807, 2.05) is 19.1 Å². The number of aromatic amines is 1. The number of aryl methyl sites for hydroxylation is 1. The number of hydrogen-bond donors (Lipinski definition) is 4. The number of H-pyrrole nitrogens is 1. The summed E-state index contributed by atoms with van der Waals surface area (Å²) in [6.45, 7) is 4.04. The minimum atomic E-state index is -0.516. The SMILES string of the molecule is CC[C@@H](Nc1c(Nc2cccc(C(=O)N(C)C)c2O)c(=O)n(CC)[nH]c1=O)c1ccc2c(c1)OCO2. The molecule has 3 aromatic rings. The lowest BCUT2D eigenvalue weighted by Crippen LogP contribution is -2.33. The van der Waals surface area contributed by atoms with Crippen molar-refractivity contribution in [3.8, 4) is 17.2 Å². The minimum absolute atomic E-state index is 0.0120. The van der Waals surface area contributed by atoms with E-state index in [1.165, 1.54) is 21.7 Å². The molecule has 4 N–H and O–H groups in total. The van der Waals surface area contributed by atoms with E-state index in [2.05, 4.69) is 15.7 Å². The second kappa shape index (κ2) is 10.1. The number of carbonyl (C=O) groups excluding carboxylic acids is 1. The van der Waals surface area contributed by atoms with E-state index >= 15 is 0 Å². The van der Waals surface area contributed by atoms with Crippen LogP contribution >= 0.6 is 0 Å². The third-order valence-electron chi connectivity index (χ3n) is 5.95. The molecule has 1 amide bonds. The van der Waals surface area contributed by atoms with E-state index in [4.69, 9.17) is 9.47 Å². The summed E-state index contributed by atoms with van der Waals surface area (Å²) in [6, 6.07) is 9.75. The molecule has 1 aromatic heterocycles. The summed E-state index contributed by atoms with van der Waals surface area (Å²) in [5, 5.41) is 19.5. The van der Waals surface area contributed by atoms with Gasteiger partial charge < -0.3 is 30.1 Å². The molecule has 1 atom stereocenters. The topological polar surface area (TPSA) is 138 Å². The van der Waals surface area contributed by atoms with E-state index < -0.39 is 17.0 Å². The number of para-hydroxylation sites is 1. The Balaban J connectivity index is 1.77. The minimum Gasteiger partial charge on any atom is -0.505 e. The molecule has 11 nitrogen and oxygen atoms in total. The second-order valence-corrected chi connectivity index (χ2v) is 8.48. The Morgan fingerprint density at radius 2 is 1.89 bits per heavy atom. The number of rotatable bonds is 8. The first-order valence-electron chi connectivity index (χ1n) is 11.6. The van der Waals surface area contributed by atoms with Gasteiger partial charge in [0, 0.05) is 20.6 Å². The number of fused-ring (bicyclic) bond motifs is 1. The maximum absolute atomic E-state index is 13.3. The summed E-state index contributed by atoms with van der Waals surface area (Å²) in [6.07, 6.45) is 0.591. The van der Waals surface area contributed by atoms with Gasteiger partial charge in [0.2, 0.25) is 6.79 Å². The van der Waals surface area contributed by atoms with Crippen molar-refractivity contribution in [1.29, 1.82) is 0 Å². The number of phenols is 1. The number of benzene rings is 2. The van der Waals surface area contributed by atoms with Gasteiger partial charge in [0.15, 0.2) is 17.2 Å². The van der Waals surface area contributed by atoms with Crippen LogP contribution in [0.15, 0.2) is 46.0 Å². The molecule has 190 valence electrons. The Morgan fingerprint density at radius 1 is 1.14 bits per heavy atom. The number of hydrogen-bond acceptors (Lipinski definition) is 8. The van der Waals surface area contributed by atoms with Crippen LogP contribution in [0.1, 0.15) is 42.2 Å². The highest BCUT2D eigenvalue weighted by Gasteiger charge is 2.23. The molecule has 0 aliphatic carbocycles. The van der Waals surface area contributed by atoms with Crippen molar-refractivity contribution in [1.82, 2.24) is 14.7 Å². The lowest BCUT2D eigenvalue weighted by Gasteiger charge is -2.22.